The summed E-state index contributed by atoms with van der Waals surface area (Å²) in [7, 11) is -3.60. The average Bonchev–Trinajstić information content (AvgIpc) is 1.82. The van der Waals surface area contributed by atoms with Gasteiger partial charge in [0.1, 0.15) is 0 Å². The van der Waals surface area contributed by atoms with Crippen LogP contribution in [0.5, 0.6) is 0 Å². The standard InChI is InChI=1S/C7H17O5P/c1-5-10-7(3,11-6-2)12-13(4,8)9/h5-6H2,1-4H3,(H,8,9). The summed E-state index contributed by atoms with van der Waals surface area (Å²) in [6.07, 6.45) is 0. The van der Waals surface area contributed by atoms with Crippen LogP contribution < -0.4 is 0 Å². The molecule has 1 unspecified atom stereocenters. The van der Waals surface area contributed by atoms with Gasteiger partial charge >= 0.3 is 7.60 Å². The van der Waals surface area contributed by atoms with Gasteiger partial charge in [-0.3, -0.25) is 9.09 Å². The van der Waals surface area contributed by atoms with E-state index >= 15 is 0 Å². The topological polar surface area (TPSA) is 65.0 Å². The number of hydrogen-bond donors (Lipinski definition) is 1. The molecular weight excluding hydrogens is 195 g/mol. The fourth-order valence-electron chi connectivity index (χ4n) is 0.926. The molecule has 0 saturated carbocycles. The van der Waals surface area contributed by atoms with Crippen LogP contribution in [0.1, 0.15) is 20.8 Å². The minimum Gasteiger partial charge on any atom is -0.328 e. The van der Waals surface area contributed by atoms with Crippen LogP contribution >= 0.6 is 7.60 Å². The lowest BCUT2D eigenvalue weighted by Crippen LogP contribution is -2.34. The molecule has 13 heavy (non-hydrogen) atoms. The van der Waals surface area contributed by atoms with Crippen molar-refractivity contribution in [2.75, 3.05) is 19.9 Å². The van der Waals surface area contributed by atoms with E-state index in [2.05, 4.69) is 0 Å². The molecule has 0 radical (unpaired) electrons. The summed E-state index contributed by atoms with van der Waals surface area (Å²) in [5.41, 5.74) is 0. The third-order valence-electron chi connectivity index (χ3n) is 1.15. The first-order valence-corrected chi connectivity index (χ1v) is 6.14. The Balaban J connectivity index is 4.31. The molecule has 0 aromatic carbocycles. The van der Waals surface area contributed by atoms with E-state index in [9.17, 15) is 4.57 Å². The van der Waals surface area contributed by atoms with E-state index in [4.69, 9.17) is 18.9 Å². The first kappa shape index (κ1) is 13.1. The van der Waals surface area contributed by atoms with Gasteiger partial charge in [-0.15, -0.1) is 0 Å². The van der Waals surface area contributed by atoms with E-state index in [-0.39, 0.29) is 0 Å². The molecular formula is C7H17O5P. The Hall–Kier alpha value is 0.0700. The largest absolute Gasteiger partial charge is 0.329 e. The highest BCUT2D eigenvalue weighted by molar-refractivity contribution is 7.51. The molecule has 0 aliphatic carbocycles. The van der Waals surface area contributed by atoms with Crippen molar-refractivity contribution in [2.45, 2.75) is 26.7 Å². The van der Waals surface area contributed by atoms with Gasteiger partial charge in [-0.05, 0) is 13.8 Å². The fourth-order valence-corrected chi connectivity index (χ4v) is 1.65. The van der Waals surface area contributed by atoms with Crippen LogP contribution in [-0.2, 0) is 18.6 Å². The molecule has 0 aliphatic heterocycles. The minimum absolute atomic E-state index is 0.344. The molecule has 0 amide bonds. The third-order valence-corrected chi connectivity index (χ3v) is 1.82. The highest BCUT2D eigenvalue weighted by Gasteiger charge is 2.32. The minimum atomic E-state index is -3.60. The maximum atomic E-state index is 11.0. The number of ether oxygens (including phenoxy) is 2. The maximum Gasteiger partial charge on any atom is 0.329 e. The monoisotopic (exact) mass is 212 g/mol. The molecule has 1 N–H and O–H groups in total. The van der Waals surface area contributed by atoms with Gasteiger partial charge in [-0.2, -0.15) is 0 Å². The normalized spacial score (nSPS) is 17.0. The smallest absolute Gasteiger partial charge is 0.328 e. The zero-order valence-electron chi connectivity index (χ0n) is 8.44. The van der Waals surface area contributed by atoms with Gasteiger partial charge in [-0.1, -0.05) is 0 Å². The summed E-state index contributed by atoms with van der Waals surface area (Å²) in [5, 5.41) is 0. The summed E-state index contributed by atoms with van der Waals surface area (Å²) in [6, 6.07) is 0. The Kier molecular flexibility index (Phi) is 5.10. The van der Waals surface area contributed by atoms with Crippen molar-refractivity contribution in [1.82, 2.24) is 0 Å². The zero-order valence-corrected chi connectivity index (χ0v) is 9.34. The van der Waals surface area contributed by atoms with Crippen molar-refractivity contribution in [2.24, 2.45) is 0 Å². The van der Waals surface area contributed by atoms with Gasteiger partial charge in [0.2, 0.25) is 0 Å². The molecule has 0 heterocycles. The molecule has 0 aliphatic rings. The summed E-state index contributed by atoms with van der Waals surface area (Å²) in [4.78, 5) is 8.98. The second-order valence-electron chi connectivity index (χ2n) is 2.62. The predicted molar refractivity (Wildman–Crippen MR) is 48.5 cm³/mol. The lowest BCUT2D eigenvalue weighted by Gasteiger charge is -2.29. The Labute approximate surface area is 78.5 Å². The second-order valence-corrected chi connectivity index (χ2v) is 4.41. The second kappa shape index (κ2) is 5.08. The van der Waals surface area contributed by atoms with E-state index in [0.717, 1.165) is 6.66 Å². The van der Waals surface area contributed by atoms with Crippen LogP contribution in [0.3, 0.4) is 0 Å². The maximum absolute atomic E-state index is 11.0. The summed E-state index contributed by atoms with van der Waals surface area (Å²) < 4.78 is 25.9. The van der Waals surface area contributed by atoms with Crippen LogP contribution in [0.25, 0.3) is 0 Å². The van der Waals surface area contributed by atoms with Crippen molar-refractivity contribution in [3.05, 3.63) is 0 Å². The van der Waals surface area contributed by atoms with Crippen LogP contribution in [0, 0.1) is 0 Å². The highest BCUT2D eigenvalue weighted by Crippen LogP contribution is 2.42. The van der Waals surface area contributed by atoms with Crippen LogP contribution in [-0.4, -0.2) is 30.7 Å². The Morgan fingerprint density at radius 3 is 1.92 bits per heavy atom. The molecule has 0 saturated heterocycles. The van der Waals surface area contributed by atoms with Gasteiger partial charge in [0, 0.05) is 26.8 Å². The summed E-state index contributed by atoms with van der Waals surface area (Å²) in [5.74, 6) is -1.43. The van der Waals surface area contributed by atoms with Gasteiger partial charge in [0.05, 0.1) is 0 Å². The van der Waals surface area contributed by atoms with E-state index in [0.29, 0.717) is 13.2 Å². The number of rotatable bonds is 6. The third kappa shape index (κ3) is 6.18. The molecule has 0 fully saturated rings. The predicted octanol–water partition coefficient (Wildman–Crippen LogP) is 1.56. The van der Waals surface area contributed by atoms with Crippen molar-refractivity contribution in [3.8, 4) is 0 Å². The van der Waals surface area contributed by atoms with E-state index in [1.54, 1.807) is 13.8 Å². The van der Waals surface area contributed by atoms with Crippen LogP contribution in [0.4, 0.5) is 0 Å². The van der Waals surface area contributed by atoms with E-state index in [1.807, 2.05) is 0 Å². The lowest BCUT2D eigenvalue weighted by atomic mass is 10.6. The van der Waals surface area contributed by atoms with Crippen molar-refractivity contribution in [1.29, 1.82) is 0 Å². The zero-order chi connectivity index (χ0) is 10.5. The first-order valence-electron chi connectivity index (χ1n) is 4.12. The molecule has 80 valence electrons. The van der Waals surface area contributed by atoms with E-state index < -0.39 is 13.6 Å². The highest BCUT2D eigenvalue weighted by atomic mass is 31.2. The van der Waals surface area contributed by atoms with Gasteiger partial charge in [0.25, 0.3) is 5.97 Å². The quantitative estimate of drug-likeness (QED) is 0.534. The lowest BCUT2D eigenvalue weighted by molar-refractivity contribution is -0.330. The van der Waals surface area contributed by atoms with Gasteiger partial charge < -0.3 is 14.4 Å². The summed E-state index contributed by atoms with van der Waals surface area (Å²) >= 11 is 0. The fraction of sp³-hybridized carbons (Fsp3) is 1.00. The molecule has 0 bridgehead atoms. The first-order chi connectivity index (χ1) is 5.83. The van der Waals surface area contributed by atoms with Crippen LogP contribution in [0.2, 0.25) is 0 Å². The Bertz CT molecular complexity index is 181. The molecule has 6 heteroatoms. The van der Waals surface area contributed by atoms with Crippen molar-refractivity contribution < 1.29 is 23.5 Å². The molecule has 0 spiro atoms. The number of hydrogen-bond acceptors (Lipinski definition) is 4. The van der Waals surface area contributed by atoms with Crippen LogP contribution in [0.15, 0.2) is 0 Å². The molecule has 5 nitrogen and oxygen atoms in total. The summed E-state index contributed by atoms with van der Waals surface area (Å²) in [6.45, 7) is 6.74. The van der Waals surface area contributed by atoms with Crippen molar-refractivity contribution >= 4 is 7.60 Å². The molecule has 0 aromatic rings. The van der Waals surface area contributed by atoms with Gasteiger partial charge in [0.15, 0.2) is 0 Å². The average molecular weight is 212 g/mol. The van der Waals surface area contributed by atoms with Crippen molar-refractivity contribution in [3.63, 3.8) is 0 Å². The van der Waals surface area contributed by atoms with E-state index in [1.165, 1.54) is 6.92 Å². The SMILES string of the molecule is CCOC(C)(OCC)OP(C)(=O)O. The Morgan fingerprint density at radius 1 is 1.31 bits per heavy atom. The molecule has 1 atom stereocenters. The Morgan fingerprint density at radius 2 is 1.69 bits per heavy atom. The van der Waals surface area contributed by atoms with Gasteiger partial charge in [-0.25, -0.2) is 0 Å². The molecule has 0 aromatic heterocycles. The molecule has 0 rings (SSSR count).